The lowest BCUT2D eigenvalue weighted by Gasteiger charge is -2.15. The number of nitro groups is 1. The number of nitro benzene ring substituents is 1. The van der Waals surface area contributed by atoms with Crippen molar-refractivity contribution >= 4 is 31.2 Å². The third-order valence-corrected chi connectivity index (χ3v) is 4.61. The first-order valence-corrected chi connectivity index (χ1v) is 10.7. The predicted octanol–water partition coefficient (Wildman–Crippen LogP) is 1.28. The summed E-state index contributed by atoms with van der Waals surface area (Å²) in [7, 11) is 0. The average Bonchev–Trinajstić information content (AvgIpc) is 2.79. The first-order chi connectivity index (χ1) is 16.8. The van der Waals surface area contributed by atoms with Crippen LogP contribution in [0.1, 0.15) is 41.8 Å². The first kappa shape index (κ1) is 32.2. The number of benzene rings is 2. The lowest BCUT2D eigenvalue weighted by molar-refractivity contribution is -0.384. The highest BCUT2D eigenvalue weighted by molar-refractivity contribution is 6.13. The van der Waals surface area contributed by atoms with Crippen molar-refractivity contribution in [2.45, 2.75) is 45.7 Å². The van der Waals surface area contributed by atoms with Crippen molar-refractivity contribution in [2.24, 2.45) is 11.7 Å². The van der Waals surface area contributed by atoms with E-state index in [0.717, 1.165) is 11.6 Å². The fourth-order valence-corrected chi connectivity index (χ4v) is 2.86. The van der Waals surface area contributed by atoms with Crippen LogP contribution < -0.4 is 11.1 Å². The third kappa shape index (κ3) is 12.6. The van der Waals surface area contributed by atoms with Crippen molar-refractivity contribution in [2.75, 3.05) is 0 Å². The van der Waals surface area contributed by atoms with Crippen molar-refractivity contribution in [3.63, 3.8) is 0 Å². The van der Waals surface area contributed by atoms with Crippen LogP contribution in [0.5, 0.6) is 0 Å². The van der Waals surface area contributed by atoms with Crippen LogP contribution in [0, 0.1) is 23.0 Å². The summed E-state index contributed by atoms with van der Waals surface area (Å²) < 4.78 is 0. The molecule has 195 valence electrons. The molecule has 7 N–H and O–H groups in total. The summed E-state index contributed by atoms with van der Waals surface area (Å²) in [5.41, 5.74) is 6.38. The highest BCUT2D eigenvalue weighted by Crippen LogP contribution is 2.17. The molecule has 0 aliphatic heterocycles. The van der Waals surface area contributed by atoms with E-state index in [1.807, 2.05) is 19.9 Å². The molecule has 0 aliphatic rings. The molecule has 12 nitrogen and oxygen atoms in total. The van der Waals surface area contributed by atoms with Crippen LogP contribution >= 0.6 is 0 Å². The van der Waals surface area contributed by atoms with Crippen molar-refractivity contribution in [3.05, 3.63) is 75.3 Å². The highest BCUT2D eigenvalue weighted by Gasteiger charge is 2.23. The maximum Gasteiger partial charge on any atom is 0.482 e. The molecule has 0 fully saturated rings. The minimum Gasteiger partial charge on any atom is -0.480 e. The van der Waals surface area contributed by atoms with Gasteiger partial charge in [0.25, 0.3) is 11.6 Å². The van der Waals surface area contributed by atoms with Gasteiger partial charge in [0.2, 0.25) is 0 Å². The molecule has 2 rings (SSSR count). The molecule has 2 aromatic rings. The Morgan fingerprint density at radius 1 is 1.06 bits per heavy atom. The number of nitrogens with one attached hydrogen (secondary N) is 1. The van der Waals surface area contributed by atoms with E-state index in [9.17, 15) is 29.6 Å². The van der Waals surface area contributed by atoms with Crippen LogP contribution in [-0.2, 0) is 16.0 Å². The number of aliphatic carboxylic acids is 2. The van der Waals surface area contributed by atoms with Gasteiger partial charge in [-0.15, -0.1) is 0 Å². The lowest BCUT2D eigenvalue weighted by Crippen LogP contribution is -2.42. The molecule has 0 spiro atoms. The van der Waals surface area contributed by atoms with Crippen LogP contribution in [0.2, 0.25) is 0 Å². The van der Waals surface area contributed by atoms with Crippen LogP contribution in [-0.4, -0.2) is 62.8 Å². The van der Waals surface area contributed by atoms with E-state index in [1.165, 1.54) is 12.1 Å². The second-order valence-corrected chi connectivity index (χ2v) is 8.00. The molecule has 2 aromatic carbocycles. The van der Waals surface area contributed by atoms with Gasteiger partial charge in [0.1, 0.15) is 12.1 Å². The molecule has 0 aromatic heterocycles. The van der Waals surface area contributed by atoms with Gasteiger partial charge in [0, 0.05) is 24.1 Å². The molecule has 1 radical (unpaired) electrons. The molecule has 0 saturated carbocycles. The summed E-state index contributed by atoms with van der Waals surface area (Å²) in [5, 5.41) is 44.9. The topological polar surface area (TPSA) is 213 Å². The molecule has 0 bridgehead atoms. The lowest BCUT2D eigenvalue weighted by atomic mass is 10.0. The number of aryl methyl sites for hydroxylation is 1. The second-order valence-electron chi connectivity index (χ2n) is 8.00. The van der Waals surface area contributed by atoms with E-state index < -0.39 is 34.9 Å². The monoisotopic (exact) mass is 504 g/mol. The van der Waals surface area contributed by atoms with Crippen molar-refractivity contribution in [3.8, 4) is 0 Å². The van der Waals surface area contributed by atoms with Crippen molar-refractivity contribution in [1.29, 1.82) is 0 Å². The number of amides is 1. The molecule has 0 heterocycles. The maximum atomic E-state index is 12.3. The quantitative estimate of drug-likeness (QED) is 0.163. The van der Waals surface area contributed by atoms with E-state index in [0.29, 0.717) is 17.9 Å². The Morgan fingerprint density at radius 2 is 1.61 bits per heavy atom. The Bertz CT molecular complexity index is 1000. The summed E-state index contributed by atoms with van der Waals surface area (Å²) in [4.78, 5) is 44.1. The average molecular weight is 504 g/mol. The predicted molar refractivity (Wildman–Crippen MR) is 132 cm³/mol. The summed E-state index contributed by atoms with van der Waals surface area (Å²) in [5.74, 6) is -2.38. The van der Waals surface area contributed by atoms with E-state index in [4.69, 9.17) is 20.9 Å². The SMILES string of the molecule is CC(C)C[C@H](N)C(=O)O.Cc1ccc([N+](=O)[O-])cc1C(=O)N[C@@H](Cc1ccccc1)C(=O)O.O[B]O. The van der Waals surface area contributed by atoms with Gasteiger partial charge in [-0.05, 0) is 30.4 Å². The molecule has 2 atom stereocenters. The van der Waals surface area contributed by atoms with Gasteiger partial charge < -0.3 is 31.3 Å². The highest BCUT2D eigenvalue weighted by atomic mass is 16.6. The number of carboxylic acids is 2. The minimum absolute atomic E-state index is 0. The zero-order valence-corrected chi connectivity index (χ0v) is 20.2. The smallest absolute Gasteiger partial charge is 0.480 e. The molecule has 0 unspecified atom stereocenters. The van der Waals surface area contributed by atoms with Gasteiger partial charge in [-0.3, -0.25) is 19.7 Å². The van der Waals surface area contributed by atoms with Crippen LogP contribution in [0.4, 0.5) is 5.69 Å². The summed E-state index contributed by atoms with van der Waals surface area (Å²) >= 11 is 0. The standard InChI is InChI=1S/C17H16N2O5.C6H13NO2.BH2O2/c1-11-7-8-13(19(23)24)10-14(11)16(20)18-15(17(21)22)9-12-5-3-2-4-6-12;1-4(2)3-5(7)6(8)9;2-1-3/h2-8,10,15H,9H2,1H3,(H,18,20)(H,21,22);4-5H,3,7H2,1-2H3,(H,8,9);2-3H/t15-;5-;/m00./s1. The molecule has 36 heavy (non-hydrogen) atoms. The maximum absolute atomic E-state index is 12.3. The molecular weight excluding hydrogens is 473 g/mol. The Kier molecular flexibility index (Phi) is 15.0. The molecular formula is C23H31BN3O9. The molecule has 1 amide bonds. The number of rotatable bonds is 9. The Morgan fingerprint density at radius 3 is 2.03 bits per heavy atom. The molecule has 0 aliphatic carbocycles. The van der Waals surface area contributed by atoms with Crippen LogP contribution in [0.3, 0.4) is 0 Å². The number of nitrogens with two attached hydrogens (primary N) is 1. The fraction of sp³-hybridized carbons (Fsp3) is 0.348. The van der Waals surface area contributed by atoms with Crippen molar-refractivity contribution < 1.29 is 39.6 Å². The number of hydrogen-bond acceptors (Lipinski definition) is 8. The second kappa shape index (κ2) is 16.8. The van der Waals surface area contributed by atoms with Gasteiger partial charge in [-0.1, -0.05) is 50.2 Å². The van der Waals surface area contributed by atoms with Gasteiger partial charge in [-0.2, -0.15) is 0 Å². The van der Waals surface area contributed by atoms with E-state index in [2.05, 4.69) is 5.32 Å². The third-order valence-electron chi connectivity index (χ3n) is 4.61. The fourth-order valence-electron chi connectivity index (χ4n) is 2.86. The van der Waals surface area contributed by atoms with Crippen LogP contribution in [0.25, 0.3) is 0 Å². The van der Waals surface area contributed by atoms with Crippen molar-refractivity contribution in [1.82, 2.24) is 5.32 Å². The van der Waals surface area contributed by atoms with E-state index in [-0.39, 0.29) is 25.4 Å². The number of carbonyl (C=O) groups excluding carboxylic acids is 1. The zero-order chi connectivity index (χ0) is 27.8. The van der Waals surface area contributed by atoms with Crippen LogP contribution in [0.15, 0.2) is 48.5 Å². The number of nitrogens with zero attached hydrogens (tertiary/aromatic N) is 1. The molecule has 0 saturated heterocycles. The minimum atomic E-state index is -1.17. The number of hydrogen-bond donors (Lipinski definition) is 6. The first-order valence-electron chi connectivity index (χ1n) is 10.7. The normalized spacial score (nSPS) is 11.5. The zero-order valence-electron chi connectivity index (χ0n) is 20.2. The Balaban J connectivity index is 0.000000854. The van der Waals surface area contributed by atoms with E-state index in [1.54, 1.807) is 31.2 Å². The van der Waals surface area contributed by atoms with E-state index >= 15 is 0 Å². The molecule has 13 heteroatoms. The largest absolute Gasteiger partial charge is 0.482 e. The van der Waals surface area contributed by atoms with Gasteiger partial charge in [0.15, 0.2) is 0 Å². The Hall–Kier alpha value is -3.81. The summed E-state index contributed by atoms with van der Waals surface area (Å²) in [6, 6.07) is 11.0. The summed E-state index contributed by atoms with van der Waals surface area (Å²) in [6.07, 6.45) is 0.672. The number of carboxylic acid groups (broad SMARTS) is 2. The summed E-state index contributed by atoms with van der Waals surface area (Å²) in [6.45, 7) is 5.53. The van der Waals surface area contributed by atoms with Gasteiger partial charge in [-0.25, -0.2) is 4.79 Å². The number of carbonyl (C=O) groups is 3. The number of non-ortho nitro benzene ring substituents is 1. The van der Waals surface area contributed by atoms with Gasteiger partial charge in [0.05, 0.1) is 4.92 Å². The Labute approximate surface area is 209 Å². The van der Waals surface area contributed by atoms with Gasteiger partial charge >= 0.3 is 19.6 Å².